The molecule has 1 fully saturated rings. The minimum Gasteiger partial charge on any atom is -0.349 e. The Morgan fingerprint density at radius 3 is 2.00 bits per heavy atom. The van der Waals surface area contributed by atoms with Crippen LogP contribution in [0.4, 0.5) is 4.39 Å². The molecule has 1 saturated heterocycles. The summed E-state index contributed by atoms with van der Waals surface area (Å²) in [7, 11) is 0. The molecule has 1 aliphatic heterocycles. The number of benzene rings is 2. The van der Waals surface area contributed by atoms with Crippen LogP contribution in [-0.4, -0.2) is 35.8 Å². The number of nitrogens with one attached hydrogen (secondary N) is 1. The Labute approximate surface area is 165 Å². The number of rotatable bonds is 3. The van der Waals surface area contributed by atoms with E-state index in [1.165, 1.54) is 29.8 Å². The molecule has 0 aliphatic carbocycles. The number of likely N-dealkylation sites (tertiary alicyclic amines) is 1. The molecular formula is C23H27FN2O2. The molecule has 2 aromatic carbocycles. The zero-order chi connectivity index (χ0) is 20.3. The highest BCUT2D eigenvalue weighted by Gasteiger charge is 2.25. The van der Waals surface area contributed by atoms with E-state index in [-0.39, 0.29) is 29.1 Å². The molecule has 1 aliphatic rings. The number of hydrogen-bond acceptors (Lipinski definition) is 2. The van der Waals surface area contributed by atoms with E-state index in [1.807, 2.05) is 29.2 Å². The third-order valence-electron chi connectivity index (χ3n) is 5.22. The van der Waals surface area contributed by atoms with Crippen LogP contribution in [-0.2, 0) is 5.41 Å². The Kier molecular flexibility index (Phi) is 5.82. The first-order valence-electron chi connectivity index (χ1n) is 9.70. The van der Waals surface area contributed by atoms with E-state index in [0.717, 1.165) is 0 Å². The van der Waals surface area contributed by atoms with E-state index in [1.54, 1.807) is 0 Å². The molecule has 28 heavy (non-hydrogen) atoms. The number of halogens is 1. The normalized spacial score (nSPS) is 15.4. The second-order valence-electron chi connectivity index (χ2n) is 8.37. The lowest BCUT2D eigenvalue weighted by atomic mass is 9.86. The van der Waals surface area contributed by atoms with Crippen molar-refractivity contribution < 1.29 is 14.0 Å². The van der Waals surface area contributed by atoms with Crippen molar-refractivity contribution in [2.45, 2.75) is 45.1 Å². The summed E-state index contributed by atoms with van der Waals surface area (Å²) in [6, 6.07) is 13.4. The van der Waals surface area contributed by atoms with E-state index >= 15 is 0 Å². The summed E-state index contributed by atoms with van der Waals surface area (Å²) in [6.45, 7) is 7.65. The van der Waals surface area contributed by atoms with Gasteiger partial charge in [0.05, 0.1) is 0 Å². The van der Waals surface area contributed by atoms with E-state index in [9.17, 15) is 14.0 Å². The van der Waals surface area contributed by atoms with Crippen molar-refractivity contribution in [2.75, 3.05) is 13.1 Å². The average Bonchev–Trinajstić information content (AvgIpc) is 2.68. The first-order chi connectivity index (χ1) is 13.2. The minimum absolute atomic E-state index is 0.0184. The number of piperidine rings is 1. The van der Waals surface area contributed by atoms with Crippen molar-refractivity contribution in [1.29, 1.82) is 0 Å². The highest BCUT2D eigenvalue weighted by molar-refractivity contribution is 5.95. The molecule has 3 rings (SSSR count). The van der Waals surface area contributed by atoms with Gasteiger partial charge in [0.15, 0.2) is 0 Å². The van der Waals surface area contributed by atoms with Gasteiger partial charge in [0, 0.05) is 30.3 Å². The predicted molar refractivity (Wildman–Crippen MR) is 108 cm³/mol. The Morgan fingerprint density at radius 2 is 1.46 bits per heavy atom. The van der Waals surface area contributed by atoms with Crippen LogP contribution >= 0.6 is 0 Å². The van der Waals surface area contributed by atoms with Gasteiger partial charge in [0.2, 0.25) is 0 Å². The maximum absolute atomic E-state index is 13.0. The second-order valence-corrected chi connectivity index (χ2v) is 8.37. The highest BCUT2D eigenvalue weighted by Crippen LogP contribution is 2.23. The number of carbonyl (C=O) groups excluding carboxylic acids is 2. The molecule has 2 amide bonds. The molecule has 1 heterocycles. The third-order valence-corrected chi connectivity index (χ3v) is 5.22. The number of hydrogen-bond donors (Lipinski definition) is 1. The lowest BCUT2D eigenvalue weighted by Gasteiger charge is -2.32. The smallest absolute Gasteiger partial charge is 0.253 e. The maximum atomic E-state index is 13.0. The van der Waals surface area contributed by atoms with Gasteiger partial charge in [-0.25, -0.2) is 4.39 Å². The van der Waals surface area contributed by atoms with Gasteiger partial charge in [0.25, 0.3) is 11.8 Å². The van der Waals surface area contributed by atoms with Crippen LogP contribution in [0.2, 0.25) is 0 Å². The summed E-state index contributed by atoms with van der Waals surface area (Å²) in [5, 5.41) is 2.98. The zero-order valence-corrected chi connectivity index (χ0v) is 16.7. The average molecular weight is 382 g/mol. The van der Waals surface area contributed by atoms with Crippen LogP contribution in [0.5, 0.6) is 0 Å². The van der Waals surface area contributed by atoms with Crippen molar-refractivity contribution in [2.24, 2.45) is 0 Å². The minimum atomic E-state index is -0.362. The van der Waals surface area contributed by atoms with Gasteiger partial charge in [-0.05, 0) is 60.2 Å². The van der Waals surface area contributed by atoms with Gasteiger partial charge in [-0.3, -0.25) is 9.59 Å². The standard InChI is InChI=1S/C23H27FN2O2/c1-23(2,3)18-8-4-17(5-9-18)22(28)26-14-12-20(13-15-26)25-21(27)16-6-10-19(24)11-7-16/h4-11,20H,12-15H2,1-3H3,(H,25,27). The van der Waals surface area contributed by atoms with Crippen LogP contribution in [0.15, 0.2) is 48.5 Å². The fraction of sp³-hybridized carbons (Fsp3) is 0.391. The van der Waals surface area contributed by atoms with Crippen LogP contribution < -0.4 is 5.32 Å². The third kappa shape index (κ3) is 4.77. The van der Waals surface area contributed by atoms with Crippen LogP contribution in [0.3, 0.4) is 0 Å². The predicted octanol–water partition coefficient (Wildman–Crippen LogP) is 4.16. The van der Waals surface area contributed by atoms with Gasteiger partial charge in [0.1, 0.15) is 5.82 Å². The molecule has 1 N–H and O–H groups in total. The molecular weight excluding hydrogens is 355 g/mol. The van der Waals surface area contributed by atoms with Gasteiger partial charge < -0.3 is 10.2 Å². The van der Waals surface area contributed by atoms with Crippen LogP contribution in [0.25, 0.3) is 0 Å². The van der Waals surface area contributed by atoms with Crippen molar-refractivity contribution >= 4 is 11.8 Å². The van der Waals surface area contributed by atoms with Crippen molar-refractivity contribution in [3.05, 3.63) is 71.0 Å². The number of amides is 2. The highest BCUT2D eigenvalue weighted by atomic mass is 19.1. The summed E-state index contributed by atoms with van der Waals surface area (Å²) in [6.07, 6.45) is 1.41. The summed E-state index contributed by atoms with van der Waals surface area (Å²) in [5.74, 6) is -0.537. The first kappa shape index (κ1) is 20.1. The van der Waals surface area contributed by atoms with Gasteiger partial charge in [-0.1, -0.05) is 32.9 Å². The Balaban J connectivity index is 1.54. The molecule has 0 saturated carbocycles. The molecule has 0 bridgehead atoms. The quantitative estimate of drug-likeness (QED) is 0.867. The largest absolute Gasteiger partial charge is 0.349 e. The summed E-state index contributed by atoms with van der Waals surface area (Å²) in [5.41, 5.74) is 2.40. The van der Waals surface area contributed by atoms with E-state index in [4.69, 9.17) is 0 Å². The first-order valence-corrected chi connectivity index (χ1v) is 9.70. The fourth-order valence-electron chi connectivity index (χ4n) is 3.39. The van der Waals surface area contributed by atoms with Crippen molar-refractivity contribution in [3.63, 3.8) is 0 Å². The van der Waals surface area contributed by atoms with E-state index in [0.29, 0.717) is 37.1 Å². The van der Waals surface area contributed by atoms with Gasteiger partial charge in [-0.15, -0.1) is 0 Å². The van der Waals surface area contributed by atoms with Crippen LogP contribution in [0.1, 0.15) is 59.9 Å². The number of carbonyl (C=O) groups is 2. The fourth-order valence-corrected chi connectivity index (χ4v) is 3.39. The Hall–Kier alpha value is -2.69. The molecule has 0 aromatic heterocycles. The molecule has 0 radical (unpaired) electrons. The van der Waals surface area contributed by atoms with Crippen molar-refractivity contribution in [3.8, 4) is 0 Å². The molecule has 4 nitrogen and oxygen atoms in total. The maximum Gasteiger partial charge on any atom is 0.253 e. The molecule has 148 valence electrons. The van der Waals surface area contributed by atoms with Gasteiger partial charge in [-0.2, -0.15) is 0 Å². The Morgan fingerprint density at radius 1 is 0.929 bits per heavy atom. The molecule has 0 unspecified atom stereocenters. The zero-order valence-electron chi connectivity index (χ0n) is 16.7. The van der Waals surface area contributed by atoms with Gasteiger partial charge >= 0.3 is 0 Å². The topological polar surface area (TPSA) is 49.4 Å². The van der Waals surface area contributed by atoms with E-state index in [2.05, 4.69) is 26.1 Å². The summed E-state index contributed by atoms with van der Waals surface area (Å²) in [4.78, 5) is 26.8. The van der Waals surface area contributed by atoms with E-state index < -0.39 is 0 Å². The number of nitrogens with zero attached hydrogens (tertiary/aromatic N) is 1. The summed E-state index contributed by atoms with van der Waals surface area (Å²) >= 11 is 0. The lowest BCUT2D eigenvalue weighted by Crippen LogP contribution is -2.46. The molecule has 2 aromatic rings. The second kappa shape index (κ2) is 8.13. The molecule has 5 heteroatoms. The lowest BCUT2D eigenvalue weighted by molar-refractivity contribution is 0.0698. The SMILES string of the molecule is CC(C)(C)c1ccc(C(=O)N2CCC(NC(=O)c3ccc(F)cc3)CC2)cc1. The summed E-state index contributed by atoms with van der Waals surface area (Å²) < 4.78 is 13.0. The monoisotopic (exact) mass is 382 g/mol. The Bertz CT molecular complexity index is 830. The molecule has 0 atom stereocenters. The molecule has 0 spiro atoms. The van der Waals surface area contributed by atoms with Crippen molar-refractivity contribution in [1.82, 2.24) is 10.2 Å². The van der Waals surface area contributed by atoms with Crippen LogP contribution in [0, 0.1) is 5.82 Å².